The maximum atomic E-state index is 12.8. The zero-order chi connectivity index (χ0) is 16.7. The van der Waals surface area contributed by atoms with Crippen LogP contribution in [0.25, 0.3) is 11.0 Å². The number of aromatic nitrogens is 2. The molecular weight excluding hydrogens is 308 g/mol. The van der Waals surface area contributed by atoms with E-state index in [4.69, 9.17) is 5.73 Å². The fourth-order valence-corrected chi connectivity index (χ4v) is 4.15. The van der Waals surface area contributed by atoms with Crippen LogP contribution >= 0.6 is 0 Å². The molecule has 0 fully saturated rings. The highest BCUT2D eigenvalue weighted by atomic mass is 32.2. The van der Waals surface area contributed by atoms with E-state index in [1.165, 1.54) is 22.5 Å². The number of carbonyl (C=O) groups is 1. The monoisotopic (exact) mass is 326 g/mol. The molecule has 1 aromatic heterocycles. The normalized spacial score (nSPS) is 12.4. The molecule has 0 unspecified atom stereocenters. The minimum absolute atomic E-state index is 0.0517. The smallest absolute Gasteiger partial charge is 0.337 e. The van der Waals surface area contributed by atoms with Gasteiger partial charge in [0.2, 0.25) is 5.95 Å². The van der Waals surface area contributed by atoms with E-state index in [-0.39, 0.29) is 35.1 Å². The van der Waals surface area contributed by atoms with Gasteiger partial charge in [-0.3, -0.25) is 0 Å². The summed E-state index contributed by atoms with van der Waals surface area (Å²) < 4.78 is 27.8. The zero-order valence-corrected chi connectivity index (χ0v) is 13.3. The first-order chi connectivity index (χ1) is 10.2. The molecule has 1 heterocycles. The molecule has 8 nitrogen and oxygen atoms in total. The first-order valence-electron chi connectivity index (χ1n) is 6.74. The van der Waals surface area contributed by atoms with E-state index in [2.05, 4.69) is 4.98 Å². The summed E-state index contributed by atoms with van der Waals surface area (Å²) in [5.74, 6) is -1.45. The Hall–Kier alpha value is -2.13. The molecule has 0 saturated heterocycles. The van der Waals surface area contributed by atoms with Crippen molar-refractivity contribution in [2.24, 2.45) is 0 Å². The van der Waals surface area contributed by atoms with E-state index in [0.717, 1.165) is 3.97 Å². The average Bonchev–Trinajstić information content (AvgIpc) is 2.74. The summed E-state index contributed by atoms with van der Waals surface area (Å²) in [6, 6.07) is 4.03. The Labute approximate surface area is 128 Å². The number of aromatic carboxylic acids is 1. The van der Waals surface area contributed by atoms with Crippen molar-refractivity contribution in [3.05, 3.63) is 23.8 Å². The van der Waals surface area contributed by atoms with Crippen LogP contribution in [-0.4, -0.2) is 45.3 Å². The van der Waals surface area contributed by atoms with E-state index in [0.29, 0.717) is 0 Å². The molecule has 22 heavy (non-hydrogen) atoms. The summed E-state index contributed by atoms with van der Waals surface area (Å²) >= 11 is 0. The van der Waals surface area contributed by atoms with Crippen molar-refractivity contribution in [1.82, 2.24) is 13.3 Å². The van der Waals surface area contributed by atoms with Gasteiger partial charge < -0.3 is 10.8 Å². The fourth-order valence-electron chi connectivity index (χ4n) is 2.41. The molecule has 0 amide bonds. The van der Waals surface area contributed by atoms with Crippen LogP contribution in [0.3, 0.4) is 0 Å². The second kappa shape index (κ2) is 5.58. The molecule has 0 radical (unpaired) electrons. The Morgan fingerprint density at radius 1 is 1.45 bits per heavy atom. The molecule has 0 saturated carbocycles. The first-order valence-corrected chi connectivity index (χ1v) is 8.14. The Bertz CT molecular complexity index is 826. The summed E-state index contributed by atoms with van der Waals surface area (Å²) in [5, 5.41) is 9.18. The van der Waals surface area contributed by atoms with Gasteiger partial charge in [-0.05, 0) is 26.0 Å². The number of imidazole rings is 1. The predicted octanol–water partition coefficient (Wildman–Crippen LogP) is 1.14. The van der Waals surface area contributed by atoms with Crippen molar-refractivity contribution in [1.29, 1.82) is 0 Å². The molecule has 0 aliphatic rings. The van der Waals surface area contributed by atoms with Gasteiger partial charge in [0.15, 0.2) is 0 Å². The van der Waals surface area contributed by atoms with E-state index in [1.54, 1.807) is 20.8 Å². The van der Waals surface area contributed by atoms with Crippen LogP contribution in [0, 0.1) is 0 Å². The highest BCUT2D eigenvalue weighted by Gasteiger charge is 2.30. The van der Waals surface area contributed by atoms with Crippen molar-refractivity contribution >= 4 is 33.2 Å². The zero-order valence-electron chi connectivity index (χ0n) is 12.5. The minimum atomic E-state index is -3.94. The van der Waals surface area contributed by atoms with Gasteiger partial charge >= 0.3 is 16.2 Å². The highest BCUT2D eigenvalue weighted by Crippen LogP contribution is 2.25. The molecule has 0 aliphatic carbocycles. The second-order valence-corrected chi connectivity index (χ2v) is 6.75. The first kappa shape index (κ1) is 16.2. The number of benzene rings is 1. The van der Waals surface area contributed by atoms with Gasteiger partial charge in [-0.15, -0.1) is 0 Å². The van der Waals surface area contributed by atoms with Crippen LogP contribution in [-0.2, 0) is 10.2 Å². The molecule has 0 atom stereocenters. The van der Waals surface area contributed by atoms with Gasteiger partial charge in [-0.1, -0.05) is 13.0 Å². The largest absolute Gasteiger partial charge is 0.478 e. The predicted molar refractivity (Wildman–Crippen MR) is 82.9 cm³/mol. The quantitative estimate of drug-likeness (QED) is 0.850. The third-order valence-electron chi connectivity index (χ3n) is 3.31. The molecule has 9 heteroatoms. The van der Waals surface area contributed by atoms with Crippen LogP contribution in [0.2, 0.25) is 0 Å². The van der Waals surface area contributed by atoms with E-state index in [1.807, 2.05) is 0 Å². The molecule has 2 aromatic rings. The molecule has 1 aromatic carbocycles. The van der Waals surface area contributed by atoms with Crippen molar-refractivity contribution < 1.29 is 18.3 Å². The third-order valence-corrected chi connectivity index (χ3v) is 5.43. The maximum absolute atomic E-state index is 12.8. The van der Waals surface area contributed by atoms with E-state index in [9.17, 15) is 18.3 Å². The van der Waals surface area contributed by atoms with E-state index >= 15 is 0 Å². The standard InChI is InChI=1S/C13H18N4O4S/c1-4-16(8(2)3)22(20,21)17-10-7-5-6-9(12(18)19)11(10)15-13(17)14/h5-8H,4H2,1-3H3,(H2,14,15)(H,18,19). The van der Waals surface area contributed by atoms with Crippen LogP contribution in [0.15, 0.2) is 18.2 Å². The number of fused-ring (bicyclic) bond motifs is 1. The Kier molecular flexibility index (Phi) is 4.12. The second-order valence-electron chi connectivity index (χ2n) is 5.02. The highest BCUT2D eigenvalue weighted by molar-refractivity contribution is 7.87. The summed E-state index contributed by atoms with van der Waals surface area (Å²) in [6.45, 7) is 5.48. The van der Waals surface area contributed by atoms with Crippen LogP contribution in [0.4, 0.5) is 5.95 Å². The van der Waals surface area contributed by atoms with Gasteiger partial charge in [-0.2, -0.15) is 16.7 Å². The number of rotatable bonds is 5. The number of carboxylic acid groups (broad SMARTS) is 1. The van der Waals surface area contributed by atoms with Crippen LogP contribution in [0.5, 0.6) is 0 Å². The van der Waals surface area contributed by atoms with Crippen LogP contribution < -0.4 is 5.73 Å². The number of nitrogens with two attached hydrogens (primary N) is 1. The van der Waals surface area contributed by atoms with Crippen LogP contribution in [0.1, 0.15) is 31.1 Å². The summed E-state index contributed by atoms with van der Waals surface area (Å²) in [7, 11) is -3.94. The number of para-hydroxylation sites is 1. The summed E-state index contributed by atoms with van der Waals surface area (Å²) in [4.78, 5) is 15.2. The molecule has 0 bridgehead atoms. The SMILES string of the molecule is CCN(C(C)C)S(=O)(=O)n1c(N)nc2c(C(=O)O)cccc21. The molecule has 120 valence electrons. The van der Waals surface area contributed by atoms with Gasteiger partial charge in [0.05, 0.1) is 11.1 Å². The van der Waals surface area contributed by atoms with Crippen molar-refractivity contribution in [2.75, 3.05) is 12.3 Å². The Morgan fingerprint density at radius 2 is 2.09 bits per heavy atom. The Morgan fingerprint density at radius 3 is 2.59 bits per heavy atom. The number of nitrogen functional groups attached to an aromatic ring is 1. The lowest BCUT2D eigenvalue weighted by atomic mass is 10.2. The number of nitrogens with zero attached hydrogens (tertiary/aromatic N) is 3. The van der Waals surface area contributed by atoms with Crippen molar-refractivity contribution in [3.63, 3.8) is 0 Å². The van der Waals surface area contributed by atoms with Gasteiger partial charge in [-0.25, -0.2) is 9.78 Å². The van der Waals surface area contributed by atoms with Gasteiger partial charge in [0, 0.05) is 12.6 Å². The number of hydrogen-bond acceptors (Lipinski definition) is 5. The lowest BCUT2D eigenvalue weighted by Gasteiger charge is -2.25. The number of anilines is 1. The molecule has 3 N–H and O–H groups in total. The lowest BCUT2D eigenvalue weighted by molar-refractivity contribution is 0.0699. The fraction of sp³-hybridized carbons (Fsp3) is 0.385. The molecule has 0 aliphatic heterocycles. The summed E-state index contributed by atoms with van der Waals surface area (Å²) in [5.41, 5.74) is 5.86. The number of carboxylic acids is 1. The molecule has 0 spiro atoms. The maximum Gasteiger partial charge on any atom is 0.337 e. The minimum Gasteiger partial charge on any atom is -0.478 e. The van der Waals surface area contributed by atoms with Gasteiger partial charge in [0.25, 0.3) is 0 Å². The van der Waals surface area contributed by atoms with Gasteiger partial charge in [0.1, 0.15) is 5.52 Å². The average molecular weight is 326 g/mol. The molecule has 2 rings (SSSR count). The third kappa shape index (κ3) is 2.42. The number of hydrogen-bond donors (Lipinski definition) is 2. The topological polar surface area (TPSA) is 119 Å². The molecular formula is C13H18N4O4S. The van der Waals surface area contributed by atoms with Crippen molar-refractivity contribution in [3.8, 4) is 0 Å². The lowest BCUT2D eigenvalue weighted by Crippen LogP contribution is -2.40. The van der Waals surface area contributed by atoms with E-state index < -0.39 is 16.2 Å². The summed E-state index contributed by atoms with van der Waals surface area (Å²) in [6.07, 6.45) is 0. The van der Waals surface area contributed by atoms with Crippen molar-refractivity contribution in [2.45, 2.75) is 26.8 Å². The Balaban J connectivity index is 2.79.